The molecule has 0 bridgehead atoms. The summed E-state index contributed by atoms with van der Waals surface area (Å²) in [5, 5.41) is 4.26. The molecule has 0 fully saturated rings. The van der Waals surface area contributed by atoms with Crippen molar-refractivity contribution in [3.05, 3.63) is 47.0 Å². The Morgan fingerprint density at radius 3 is 3.00 bits per heavy atom. The monoisotopic (exact) mass is 317 g/mol. The van der Waals surface area contributed by atoms with E-state index in [1.165, 1.54) is 18.9 Å². The van der Waals surface area contributed by atoms with E-state index in [9.17, 15) is 9.18 Å². The van der Waals surface area contributed by atoms with Crippen LogP contribution in [0, 0.1) is 5.82 Å². The van der Waals surface area contributed by atoms with Gasteiger partial charge in [-0.05, 0) is 30.5 Å². The van der Waals surface area contributed by atoms with Gasteiger partial charge in [0.2, 0.25) is 5.91 Å². The number of ether oxygens (including phenoxy) is 1. The highest BCUT2D eigenvalue weighted by Gasteiger charge is 2.21. The van der Waals surface area contributed by atoms with Crippen LogP contribution in [0.4, 0.5) is 4.39 Å². The highest BCUT2D eigenvalue weighted by Crippen LogP contribution is 2.21. The Morgan fingerprint density at radius 2 is 2.26 bits per heavy atom. The third kappa shape index (κ3) is 3.21. The molecular formula is C17H20FN3O2. The predicted octanol–water partition coefficient (Wildman–Crippen LogP) is 2.09. The van der Waals surface area contributed by atoms with Gasteiger partial charge in [0.25, 0.3) is 0 Å². The number of carbonyl (C=O) groups excluding carboxylic acids is 1. The van der Waals surface area contributed by atoms with Gasteiger partial charge in [-0.2, -0.15) is 5.10 Å². The summed E-state index contributed by atoms with van der Waals surface area (Å²) in [6.07, 6.45) is 3.85. The second-order valence-corrected chi connectivity index (χ2v) is 5.80. The molecule has 2 heterocycles. The minimum absolute atomic E-state index is 0.00581. The van der Waals surface area contributed by atoms with Crippen LogP contribution in [-0.4, -0.2) is 34.2 Å². The first kappa shape index (κ1) is 15.5. The zero-order chi connectivity index (χ0) is 16.4. The maximum atomic E-state index is 13.7. The van der Waals surface area contributed by atoms with Crippen LogP contribution in [0.1, 0.15) is 23.2 Å². The molecule has 6 heteroatoms. The van der Waals surface area contributed by atoms with Gasteiger partial charge >= 0.3 is 0 Å². The Hall–Kier alpha value is -2.37. The van der Waals surface area contributed by atoms with Crippen LogP contribution >= 0.6 is 0 Å². The van der Waals surface area contributed by atoms with E-state index in [-0.39, 0.29) is 18.1 Å². The molecule has 1 amide bonds. The summed E-state index contributed by atoms with van der Waals surface area (Å²) in [5.41, 5.74) is 2.94. The van der Waals surface area contributed by atoms with Gasteiger partial charge in [-0.25, -0.2) is 4.39 Å². The van der Waals surface area contributed by atoms with E-state index in [0.29, 0.717) is 18.7 Å². The minimum atomic E-state index is -0.441. The maximum absolute atomic E-state index is 13.7. The van der Waals surface area contributed by atoms with Crippen LogP contribution in [0.15, 0.2) is 24.4 Å². The number of amides is 1. The Kier molecular flexibility index (Phi) is 4.32. The van der Waals surface area contributed by atoms with Crippen LogP contribution in [0.2, 0.25) is 0 Å². The topological polar surface area (TPSA) is 47.4 Å². The van der Waals surface area contributed by atoms with Crippen molar-refractivity contribution < 1.29 is 13.9 Å². The van der Waals surface area contributed by atoms with Crippen molar-refractivity contribution in [3.63, 3.8) is 0 Å². The van der Waals surface area contributed by atoms with Crippen LogP contribution in [0.5, 0.6) is 5.75 Å². The first-order chi connectivity index (χ1) is 11.1. The summed E-state index contributed by atoms with van der Waals surface area (Å²) in [4.78, 5) is 14.4. The van der Waals surface area contributed by atoms with Gasteiger partial charge in [-0.3, -0.25) is 9.48 Å². The number of benzene rings is 1. The van der Waals surface area contributed by atoms with Crippen LogP contribution < -0.4 is 4.74 Å². The quantitative estimate of drug-likeness (QED) is 0.871. The number of methoxy groups -OCH3 is 1. The summed E-state index contributed by atoms with van der Waals surface area (Å²) in [6, 6.07) is 4.65. The van der Waals surface area contributed by atoms with E-state index >= 15 is 0 Å². The second-order valence-electron chi connectivity index (χ2n) is 5.80. The lowest BCUT2D eigenvalue weighted by molar-refractivity contribution is -0.131. The molecule has 0 unspecified atom stereocenters. The highest BCUT2D eigenvalue weighted by molar-refractivity contribution is 5.79. The smallest absolute Gasteiger partial charge is 0.227 e. The Labute approximate surface area is 134 Å². The van der Waals surface area contributed by atoms with E-state index in [2.05, 4.69) is 5.10 Å². The fourth-order valence-electron chi connectivity index (χ4n) is 3.00. The number of hydrogen-bond acceptors (Lipinski definition) is 3. The normalized spacial score (nSPS) is 14.3. The molecule has 0 spiro atoms. The SMILES string of the molecule is COc1ccc(CC(=O)N2CCCc3c(cnn3C)C2)cc1F. The number of hydrogen-bond donors (Lipinski definition) is 0. The molecule has 3 rings (SSSR count). The van der Waals surface area contributed by atoms with Crippen molar-refractivity contribution in [2.24, 2.45) is 7.05 Å². The number of carbonyl (C=O) groups is 1. The van der Waals surface area contributed by atoms with Crippen molar-refractivity contribution in [2.75, 3.05) is 13.7 Å². The van der Waals surface area contributed by atoms with Gasteiger partial charge in [0, 0.05) is 31.4 Å². The molecule has 1 aliphatic heterocycles. The third-order valence-electron chi connectivity index (χ3n) is 4.28. The average molecular weight is 317 g/mol. The Morgan fingerprint density at radius 1 is 1.43 bits per heavy atom. The Balaban J connectivity index is 1.72. The molecule has 1 aromatic heterocycles. The molecule has 0 radical (unpaired) electrons. The summed E-state index contributed by atoms with van der Waals surface area (Å²) >= 11 is 0. The van der Waals surface area contributed by atoms with Crippen molar-refractivity contribution >= 4 is 5.91 Å². The number of rotatable bonds is 3. The molecular weight excluding hydrogens is 297 g/mol. The summed E-state index contributed by atoms with van der Waals surface area (Å²) in [5.74, 6) is -0.245. The maximum Gasteiger partial charge on any atom is 0.227 e. The van der Waals surface area contributed by atoms with E-state index < -0.39 is 5.82 Å². The van der Waals surface area contributed by atoms with Gasteiger partial charge in [-0.1, -0.05) is 6.07 Å². The zero-order valence-electron chi connectivity index (χ0n) is 13.4. The standard InChI is InChI=1S/C17H20FN3O2/c1-20-15-4-3-7-21(11-13(15)10-19-20)17(22)9-12-5-6-16(23-2)14(18)8-12/h5-6,8,10H,3-4,7,9,11H2,1-2H3. The Bertz CT molecular complexity index is 727. The van der Waals surface area contributed by atoms with E-state index in [1.54, 1.807) is 12.1 Å². The fourth-order valence-corrected chi connectivity index (χ4v) is 3.00. The van der Waals surface area contributed by atoms with Gasteiger partial charge in [-0.15, -0.1) is 0 Å². The molecule has 0 saturated heterocycles. The number of aryl methyl sites for hydroxylation is 1. The van der Waals surface area contributed by atoms with Crippen molar-refractivity contribution in [1.82, 2.24) is 14.7 Å². The molecule has 1 aliphatic rings. The average Bonchev–Trinajstić information content (AvgIpc) is 2.75. The van der Waals surface area contributed by atoms with E-state index in [1.807, 2.05) is 22.8 Å². The van der Waals surface area contributed by atoms with Gasteiger partial charge < -0.3 is 9.64 Å². The van der Waals surface area contributed by atoms with E-state index in [0.717, 1.165) is 18.4 Å². The number of nitrogens with zero attached hydrogens (tertiary/aromatic N) is 3. The van der Waals surface area contributed by atoms with Gasteiger partial charge in [0.05, 0.1) is 19.7 Å². The van der Waals surface area contributed by atoms with Crippen LogP contribution in [0.3, 0.4) is 0 Å². The largest absolute Gasteiger partial charge is 0.494 e. The molecule has 0 saturated carbocycles. The van der Waals surface area contributed by atoms with E-state index in [4.69, 9.17) is 4.74 Å². The number of fused-ring (bicyclic) bond motifs is 1. The summed E-state index contributed by atoms with van der Waals surface area (Å²) < 4.78 is 20.5. The fraction of sp³-hybridized carbons (Fsp3) is 0.412. The summed E-state index contributed by atoms with van der Waals surface area (Å²) in [6.45, 7) is 1.28. The first-order valence-corrected chi connectivity index (χ1v) is 7.68. The molecule has 5 nitrogen and oxygen atoms in total. The molecule has 0 N–H and O–H groups in total. The molecule has 122 valence electrons. The molecule has 23 heavy (non-hydrogen) atoms. The zero-order valence-corrected chi connectivity index (χ0v) is 13.4. The lowest BCUT2D eigenvalue weighted by Gasteiger charge is -2.20. The highest BCUT2D eigenvalue weighted by atomic mass is 19.1. The predicted molar refractivity (Wildman–Crippen MR) is 83.6 cm³/mol. The lowest BCUT2D eigenvalue weighted by atomic mass is 10.1. The molecule has 0 atom stereocenters. The third-order valence-corrected chi connectivity index (χ3v) is 4.28. The van der Waals surface area contributed by atoms with Crippen molar-refractivity contribution in [1.29, 1.82) is 0 Å². The summed E-state index contributed by atoms with van der Waals surface area (Å²) in [7, 11) is 3.35. The van der Waals surface area contributed by atoms with Crippen molar-refractivity contribution in [3.8, 4) is 5.75 Å². The molecule has 0 aliphatic carbocycles. The van der Waals surface area contributed by atoms with Gasteiger partial charge in [0.1, 0.15) is 0 Å². The number of aromatic nitrogens is 2. The lowest BCUT2D eigenvalue weighted by Crippen LogP contribution is -2.31. The molecule has 2 aromatic rings. The van der Waals surface area contributed by atoms with Crippen LogP contribution in [0.25, 0.3) is 0 Å². The van der Waals surface area contributed by atoms with Gasteiger partial charge in [0.15, 0.2) is 11.6 Å². The van der Waals surface area contributed by atoms with Crippen LogP contribution in [-0.2, 0) is 31.2 Å². The second kappa shape index (κ2) is 6.40. The minimum Gasteiger partial charge on any atom is -0.494 e. The van der Waals surface area contributed by atoms with Crippen molar-refractivity contribution in [2.45, 2.75) is 25.8 Å². The molecule has 1 aromatic carbocycles. The number of halogens is 1. The first-order valence-electron chi connectivity index (χ1n) is 7.68.